The van der Waals surface area contributed by atoms with Crippen LogP contribution in [-0.2, 0) is 23.9 Å². The molecule has 0 aromatic heterocycles. The summed E-state index contributed by atoms with van der Waals surface area (Å²) < 4.78 is 130. The second-order valence-corrected chi connectivity index (χ2v) is 27.4. The Kier molecular flexibility index (Phi) is 15.4. The molecule has 15 rings (SSSR count). The lowest BCUT2D eigenvalue weighted by atomic mass is 9.62. The summed E-state index contributed by atoms with van der Waals surface area (Å²) >= 11 is 0. The van der Waals surface area contributed by atoms with Crippen molar-refractivity contribution in [2.75, 3.05) is 4.90 Å². The van der Waals surface area contributed by atoms with E-state index in [-0.39, 0.29) is 28.0 Å². The van der Waals surface area contributed by atoms with Crippen molar-refractivity contribution in [2.45, 2.75) is 85.3 Å². The maximum Gasteiger partial charge on any atom is 0.417 e. The summed E-state index contributed by atoms with van der Waals surface area (Å²) in [4.78, 5) is 2.40. The first-order valence-corrected chi connectivity index (χ1v) is 33.3. The van der Waals surface area contributed by atoms with E-state index in [1.54, 1.807) is 78.9 Å². The number of alkyl halides is 9. The van der Waals surface area contributed by atoms with E-state index >= 15 is 0 Å². The van der Waals surface area contributed by atoms with Crippen molar-refractivity contribution in [3.05, 3.63) is 327 Å². The number of fused-ring (bicyclic) bond motifs is 6. The number of anilines is 2. The highest BCUT2D eigenvalue weighted by atomic mass is 19.4. The molecule has 12 aromatic carbocycles. The number of rotatable bonds is 9. The fourth-order valence-corrected chi connectivity index (χ4v) is 16.5. The van der Waals surface area contributed by atoms with Crippen LogP contribution in [0.15, 0.2) is 272 Å². The Morgan fingerprint density at radius 3 is 1.26 bits per heavy atom. The van der Waals surface area contributed by atoms with E-state index in [0.29, 0.717) is 27.3 Å². The van der Waals surface area contributed by atoms with Gasteiger partial charge in [-0.05, 0) is 220 Å². The molecule has 0 bridgehead atoms. The van der Waals surface area contributed by atoms with Gasteiger partial charge in [0.1, 0.15) is 0 Å². The van der Waals surface area contributed by atoms with Crippen LogP contribution in [0.25, 0.3) is 92.8 Å². The van der Waals surface area contributed by atoms with Crippen molar-refractivity contribution >= 4 is 70.8 Å². The summed E-state index contributed by atoms with van der Waals surface area (Å²) in [7, 11) is 0. The molecule has 0 saturated heterocycles. The molecule has 0 heterocycles. The third-order valence-corrected chi connectivity index (χ3v) is 21.5. The van der Waals surface area contributed by atoms with E-state index < -0.39 is 46.0 Å². The maximum atomic E-state index is 14.5. The maximum absolute atomic E-state index is 14.5. The zero-order valence-electron chi connectivity index (χ0n) is 55.8. The molecule has 0 aliphatic heterocycles. The zero-order valence-corrected chi connectivity index (χ0v) is 55.8. The van der Waals surface area contributed by atoms with Crippen LogP contribution in [-0.4, -0.2) is 0 Å². The SMILES string of the molecule is CC1=CC(C)(c2ccc(-c3ccc(C(F)(F)F)c4ccccc34)c3ccccc23)C(C)C=C1N(c1cc(C)c(-c2ccc(-c3ccc(C(F)(F)F)c4ccccc34)c3ccccc23)cc1C)c1cc(C)c(C2C=CC(c3ccc(C(F)(F)F)c4ccccc34)=C3C=CC=CC32C)cc1C. The summed E-state index contributed by atoms with van der Waals surface area (Å²) in [6.45, 7) is 17.5. The molecule has 4 atom stereocenters. The van der Waals surface area contributed by atoms with Gasteiger partial charge in [-0.3, -0.25) is 0 Å². The fourth-order valence-electron chi connectivity index (χ4n) is 16.5. The van der Waals surface area contributed by atoms with Crippen molar-refractivity contribution in [1.82, 2.24) is 0 Å². The Balaban J connectivity index is 0.864. The molecule has 99 heavy (non-hydrogen) atoms. The Morgan fingerprint density at radius 2 is 0.768 bits per heavy atom. The summed E-state index contributed by atoms with van der Waals surface area (Å²) in [5.41, 5.74) is 14.6. The summed E-state index contributed by atoms with van der Waals surface area (Å²) in [6, 6.07) is 62.2. The second-order valence-electron chi connectivity index (χ2n) is 27.4. The first kappa shape index (κ1) is 64.5. The normalized spacial score (nSPS) is 18.8. The van der Waals surface area contributed by atoms with E-state index in [0.717, 1.165) is 117 Å². The lowest BCUT2D eigenvalue weighted by Gasteiger charge is -2.42. The van der Waals surface area contributed by atoms with Crippen LogP contribution in [0.4, 0.5) is 50.9 Å². The smallest absolute Gasteiger partial charge is 0.310 e. The van der Waals surface area contributed by atoms with Gasteiger partial charge in [-0.1, -0.05) is 239 Å². The van der Waals surface area contributed by atoms with Crippen LogP contribution < -0.4 is 4.90 Å². The molecule has 0 spiro atoms. The average molecular weight is 1320 g/mol. The molecule has 1 nitrogen and oxygen atoms in total. The molecule has 10 heteroatoms. The van der Waals surface area contributed by atoms with Crippen LogP contribution in [0.3, 0.4) is 0 Å². The molecule has 0 radical (unpaired) electrons. The van der Waals surface area contributed by atoms with Gasteiger partial charge in [0.15, 0.2) is 0 Å². The molecule has 3 aliphatic carbocycles. The summed E-state index contributed by atoms with van der Waals surface area (Å²) in [5.74, 6) is -0.287. The van der Waals surface area contributed by atoms with Gasteiger partial charge in [-0.15, -0.1) is 0 Å². The standard InChI is InChI=1S/C89H68F9N/c1-51-47-82(53(3)45-74(51)68-33-32-63(57-21-9-10-22-58(57)68)65-35-41-79(87(90,91)92)70-28-16-12-24-60(65)70)99(83-48-52(2)75(46-54(83)4)78-40-38-73(76-31-19-20-44-85(76,78)7)67-37-43-81(89(96,97)98)72-30-18-14-26-62(67)72)84-49-56(6)86(8,50-55(84)5)77-39-34-64(59-23-11-15-27-69(59)77)66-36-42-80(88(93,94)95)71-29-17-13-25-61(66)71/h9-50,56,78H,1-8H3. The van der Waals surface area contributed by atoms with Gasteiger partial charge in [0.25, 0.3) is 0 Å². The van der Waals surface area contributed by atoms with E-state index in [4.69, 9.17) is 0 Å². The first-order valence-electron chi connectivity index (χ1n) is 33.3. The Labute approximate surface area is 569 Å². The number of aryl methyl sites for hydroxylation is 4. The minimum absolute atomic E-state index is 0.118. The Bertz CT molecular complexity index is 5590. The Morgan fingerprint density at radius 1 is 0.374 bits per heavy atom. The number of hydrogen-bond acceptors (Lipinski definition) is 1. The van der Waals surface area contributed by atoms with Gasteiger partial charge in [-0.25, -0.2) is 0 Å². The molecule has 0 saturated carbocycles. The summed E-state index contributed by atoms with van der Waals surface area (Å²) in [6.07, 6.45) is 3.83. The number of nitrogens with zero attached hydrogens (tertiary/aromatic N) is 1. The molecule has 492 valence electrons. The fraction of sp³-hybridized carbons (Fsp3) is 0.169. The van der Waals surface area contributed by atoms with Crippen LogP contribution in [0.2, 0.25) is 0 Å². The Hall–Kier alpha value is -10.5. The third kappa shape index (κ3) is 10.6. The predicted octanol–water partition coefficient (Wildman–Crippen LogP) is 26.6. The van der Waals surface area contributed by atoms with E-state index in [9.17, 15) is 39.5 Å². The van der Waals surface area contributed by atoms with Crippen molar-refractivity contribution in [3.8, 4) is 33.4 Å². The first-order chi connectivity index (χ1) is 47.2. The molecule has 3 aliphatic rings. The van der Waals surface area contributed by atoms with Crippen molar-refractivity contribution in [2.24, 2.45) is 11.3 Å². The van der Waals surface area contributed by atoms with Gasteiger partial charge in [0, 0.05) is 33.8 Å². The molecular weight excluding hydrogens is 1250 g/mol. The zero-order chi connectivity index (χ0) is 69.4. The molecular formula is C89H68F9N. The van der Waals surface area contributed by atoms with Crippen LogP contribution in [0, 0.1) is 39.0 Å². The lowest BCUT2D eigenvalue weighted by Crippen LogP contribution is -2.33. The minimum Gasteiger partial charge on any atom is -0.310 e. The number of benzene rings is 12. The summed E-state index contributed by atoms with van der Waals surface area (Å²) in [5, 5.41) is 5.79. The highest BCUT2D eigenvalue weighted by Crippen LogP contribution is 2.56. The molecule has 0 amide bonds. The van der Waals surface area contributed by atoms with Gasteiger partial charge < -0.3 is 4.90 Å². The second kappa shape index (κ2) is 23.6. The number of allylic oxidation sites excluding steroid dienone is 11. The average Bonchev–Trinajstić information content (AvgIpc) is 0.734. The molecule has 0 fully saturated rings. The van der Waals surface area contributed by atoms with Crippen LogP contribution >= 0.6 is 0 Å². The highest BCUT2D eigenvalue weighted by Gasteiger charge is 2.43. The van der Waals surface area contributed by atoms with Crippen molar-refractivity contribution in [3.63, 3.8) is 0 Å². The van der Waals surface area contributed by atoms with Gasteiger partial charge in [0.2, 0.25) is 0 Å². The van der Waals surface area contributed by atoms with Gasteiger partial charge in [0.05, 0.1) is 16.7 Å². The predicted molar refractivity (Wildman–Crippen MR) is 389 cm³/mol. The number of halogens is 9. The largest absolute Gasteiger partial charge is 0.417 e. The van der Waals surface area contributed by atoms with Gasteiger partial charge in [-0.2, -0.15) is 39.5 Å². The van der Waals surface area contributed by atoms with Gasteiger partial charge >= 0.3 is 18.5 Å². The number of hydrogen-bond donors (Lipinski definition) is 0. The topological polar surface area (TPSA) is 3.24 Å². The van der Waals surface area contributed by atoms with E-state index in [2.05, 4.69) is 163 Å². The third-order valence-electron chi connectivity index (χ3n) is 21.5. The van der Waals surface area contributed by atoms with E-state index in [1.165, 1.54) is 30.3 Å². The van der Waals surface area contributed by atoms with Crippen molar-refractivity contribution < 1.29 is 39.5 Å². The molecule has 4 unspecified atom stereocenters. The molecule has 0 N–H and O–H groups in total. The van der Waals surface area contributed by atoms with Crippen LogP contribution in [0.1, 0.15) is 89.2 Å². The van der Waals surface area contributed by atoms with Crippen LogP contribution in [0.5, 0.6) is 0 Å². The molecule has 12 aromatic rings. The van der Waals surface area contributed by atoms with Crippen molar-refractivity contribution in [1.29, 1.82) is 0 Å². The minimum atomic E-state index is -4.53. The van der Waals surface area contributed by atoms with E-state index in [1.807, 2.05) is 42.5 Å². The quantitative estimate of drug-likeness (QED) is 0.130. The lowest BCUT2D eigenvalue weighted by molar-refractivity contribution is -0.137. The highest BCUT2D eigenvalue weighted by molar-refractivity contribution is 6.11. The monoisotopic (exact) mass is 1320 g/mol.